The van der Waals surface area contributed by atoms with E-state index >= 15 is 0 Å². The van der Waals surface area contributed by atoms with Crippen molar-refractivity contribution in [2.24, 2.45) is 0 Å². The molecule has 0 amide bonds. The molecule has 0 saturated heterocycles. The second kappa shape index (κ2) is 5.67. The van der Waals surface area contributed by atoms with E-state index in [1.807, 2.05) is 10.5 Å². The van der Waals surface area contributed by atoms with E-state index in [1.54, 1.807) is 47.7 Å². The predicted octanol–water partition coefficient (Wildman–Crippen LogP) is 2.58. The summed E-state index contributed by atoms with van der Waals surface area (Å²) < 4.78 is 3.51. The predicted molar refractivity (Wildman–Crippen MR) is 94.3 cm³/mol. The minimum absolute atomic E-state index is 0.190. The van der Waals surface area contributed by atoms with Gasteiger partial charge < -0.3 is 10.2 Å². The second-order valence-corrected chi connectivity index (χ2v) is 6.64. The molecular formula is C19H17N5O2. The van der Waals surface area contributed by atoms with Gasteiger partial charge in [-0.05, 0) is 54.7 Å². The molecule has 0 aliphatic heterocycles. The Kier molecular flexibility index (Phi) is 3.29. The average molecular weight is 347 g/mol. The van der Waals surface area contributed by atoms with Crippen LogP contribution in [-0.2, 0) is 0 Å². The molecule has 3 aromatic heterocycles. The molecule has 0 bridgehead atoms. The molecule has 7 heteroatoms. The zero-order chi connectivity index (χ0) is 17.7. The fraction of sp³-hybridized carbons (Fsp3) is 0.211. The highest BCUT2D eigenvalue weighted by molar-refractivity contribution is 5.51. The van der Waals surface area contributed by atoms with Crippen molar-refractivity contribution in [3.63, 3.8) is 0 Å². The number of hydrogen-bond acceptors (Lipinski definition) is 5. The number of aliphatic hydroxyl groups excluding tert-OH is 1. The SMILES string of the molecule is Oc1ccc(-n2cc(C(O)c3c(C4CC4)ccc4cncn34)nn2)cc1. The zero-order valence-corrected chi connectivity index (χ0v) is 13.9. The third-order valence-electron chi connectivity index (χ3n) is 4.84. The van der Waals surface area contributed by atoms with Crippen LogP contribution >= 0.6 is 0 Å². The number of imidazole rings is 1. The van der Waals surface area contributed by atoms with E-state index in [1.165, 1.54) is 0 Å². The maximum absolute atomic E-state index is 11.1. The van der Waals surface area contributed by atoms with Crippen LogP contribution in [0.5, 0.6) is 5.75 Å². The van der Waals surface area contributed by atoms with Crippen LogP contribution < -0.4 is 0 Å². The number of aliphatic hydroxyl groups is 1. The van der Waals surface area contributed by atoms with Gasteiger partial charge in [-0.1, -0.05) is 11.3 Å². The van der Waals surface area contributed by atoms with Crippen molar-refractivity contribution in [3.05, 3.63) is 72.1 Å². The lowest BCUT2D eigenvalue weighted by Crippen LogP contribution is -2.10. The summed E-state index contributed by atoms with van der Waals surface area (Å²) in [6.07, 6.45) is 6.60. The maximum Gasteiger partial charge on any atom is 0.140 e. The minimum atomic E-state index is -0.894. The summed E-state index contributed by atoms with van der Waals surface area (Å²) in [7, 11) is 0. The monoisotopic (exact) mass is 347 g/mol. The molecule has 5 rings (SSSR count). The summed E-state index contributed by atoms with van der Waals surface area (Å²) in [5, 5.41) is 28.8. The summed E-state index contributed by atoms with van der Waals surface area (Å²) >= 11 is 0. The summed E-state index contributed by atoms with van der Waals surface area (Å²) in [6.45, 7) is 0. The Morgan fingerprint density at radius 2 is 1.88 bits per heavy atom. The van der Waals surface area contributed by atoms with Crippen molar-refractivity contribution >= 4 is 5.52 Å². The highest BCUT2D eigenvalue weighted by atomic mass is 16.3. The van der Waals surface area contributed by atoms with E-state index in [0.717, 1.165) is 35.3 Å². The van der Waals surface area contributed by atoms with Crippen LogP contribution in [0, 0.1) is 0 Å². The first-order valence-corrected chi connectivity index (χ1v) is 8.55. The van der Waals surface area contributed by atoms with Crippen LogP contribution in [0.4, 0.5) is 0 Å². The number of rotatable bonds is 4. The van der Waals surface area contributed by atoms with Gasteiger partial charge in [0.2, 0.25) is 0 Å². The topological polar surface area (TPSA) is 88.5 Å². The molecule has 7 nitrogen and oxygen atoms in total. The van der Waals surface area contributed by atoms with E-state index in [-0.39, 0.29) is 5.75 Å². The molecule has 1 aliphatic carbocycles. The van der Waals surface area contributed by atoms with Gasteiger partial charge in [0.25, 0.3) is 0 Å². The molecule has 1 aromatic carbocycles. The lowest BCUT2D eigenvalue weighted by atomic mass is 10.0. The Morgan fingerprint density at radius 1 is 1.08 bits per heavy atom. The van der Waals surface area contributed by atoms with Gasteiger partial charge in [0.15, 0.2) is 0 Å². The van der Waals surface area contributed by atoms with Crippen molar-refractivity contribution < 1.29 is 10.2 Å². The number of pyridine rings is 1. The van der Waals surface area contributed by atoms with Gasteiger partial charge >= 0.3 is 0 Å². The summed E-state index contributed by atoms with van der Waals surface area (Å²) in [5.41, 5.74) is 4.12. The first-order valence-electron chi connectivity index (χ1n) is 8.55. The van der Waals surface area contributed by atoms with E-state index in [9.17, 15) is 10.2 Å². The molecule has 130 valence electrons. The largest absolute Gasteiger partial charge is 0.508 e. The second-order valence-electron chi connectivity index (χ2n) is 6.64. The van der Waals surface area contributed by atoms with E-state index in [2.05, 4.69) is 21.4 Å². The number of benzene rings is 1. The number of fused-ring (bicyclic) bond motifs is 1. The lowest BCUT2D eigenvalue weighted by molar-refractivity contribution is 0.207. The van der Waals surface area contributed by atoms with Crippen LogP contribution in [0.1, 0.15) is 41.8 Å². The first kappa shape index (κ1) is 15.1. The van der Waals surface area contributed by atoms with Crippen molar-refractivity contribution in [2.45, 2.75) is 24.9 Å². The standard InChI is InChI=1S/C19H17N5O2/c25-15-6-3-13(4-7-15)24-10-17(21-22-24)19(26)18-16(12-1-2-12)8-5-14-9-20-11-23(14)18/h3-12,19,25-26H,1-2H2. The third kappa shape index (κ3) is 2.44. The van der Waals surface area contributed by atoms with Crippen molar-refractivity contribution in [2.75, 3.05) is 0 Å². The lowest BCUT2D eigenvalue weighted by Gasteiger charge is -2.16. The van der Waals surface area contributed by atoms with Crippen LogP contribution in [0.2, 0.25) is 0 Å². The quantitative estimate of drug-likeness (QED) is 0.592. The molecule has 3 heterocycles. The summed E-state index contributed by atoms with van der Waals surface area (Å²) in [6, 6.07) is 10.8. The molecule has 1 atom stereocenters. The minimum Gasteiger partial charge on any atom is -0.508 e. The molecule has 2 N–H and O–H groups in total. The Bertz CT molecular complexity index is 1080. The summed E-state index contributed by atoms with van der Waals surface area (Å²) in [5.74, 6) is 0.675. The van der Waals surface area contributed by atoms with Crippen molar-refractivity contribution in [1.82, 2.24) is 24.4 Å². The number of phenols is 1. The molecule has 1 unspecified atom stereocenters. The fourth-order valence-corrected chi connectivity index (χ4v) is 3.33. The normalized spacial score (nSPS) is 15.4. The van der Waals surface area contributed by atoms with Crippen LogP contribution in [0.25, 0.3) is 11.2 Å². The van der Waals surface area contributed by atoms with E-state index in [4.69, 9.17) is 0 Å². The van der Waals surface area contributed by atoms with E-state index < -0.39 is 6.10 Å². The van der Waals surface area contributed by atoms with Crippen molar-refractivity contribution in [3.8, 4) is 11.4 Å². The molecule has 1 saturated carbocycles. The molecule has 1 aliphatic rings. The summed E-state index contributed by atoms with van der Waals surface area (Å²) in [4.78, 5) is 4.21. The molecule has 0 spiro atoms. The number of nitrogens with zero attached hydrogens (tertiary/aromatic N) is 5. The van der Waals surface area contributed by atoms with Gasteiger partial charge in [-0.3, -0.25) is 4.40 Å². The zero-order valence-electron chi connectivity index (χ0n) is 13.9. The van der Waals surface area contributed by atoms with Gasteiger partial charge in [0.1, 0.15) is 17.5 Å². The van der Waals surface area contributed by atoms with Gasteiger partial charge in [-0.25, -0.2) is 9.67 Å². The van der Waals surface area contributed by atoms with E-state index in [0.29, 0.717) is 11.6 Å². The number of aromatic nitrogens is 5. The number of hydrogen-bond donors (Lipinski definition) is 2. The molecule has 1 fully saturated rings. The molecular weight excluding hydrogens is 330 g/mol. The Balaban J connectivity index is 1.57. The fourth-order valence-electron chi connectivity index (χ4n) is 3.33. The maximum atomic E-state index is 11.1. The van der Waals surface area contributed by atoms with Gasteiger partial charge in [-0.15, -0.1) is 5.10 Å². The van der Waals surface area contributed by atoms with Crippen LogP contribution in [-0.4, -0.2) is 34.6 Å². The Morgan fingerprint density at radius 3 is 2.65 bits per heavy atom. The Labute approximate surface area is 149 Å². The highest BCUT2D eigenvalue weighted by Crippen LogP contribution is 2.43. The average Bonchev–Trinajstić information content (AvgIpc) is 3.18. The van der Waals surface area contributed by atoms with Gasteiger partial charge in [0, 0.05) is 0 Å². The van der Waals surface area contributed by atoms with Crippen LogP contribution in [0.15, 0.2) is 55.1 Å². The number of phenolic OH excluding ortho intramolecular Hbond substituents is 1. The number of aromatic hydroxyl groups is 1. The molecule has 4 aromatic rings. The van der Waals surface area contributed by atoms with Gasteiger partial charge in [0.05, 0.1) is 35.6 Å². The Hall–Kier alpha value is -3.19. The van der Waals surface area contributed by atoms with Crippen molar-refractivity contribution in [1.29, 1.82) is 0 Å². The molecule has 0 radical (unpaired) electrons. The van der Waals surface area contributed by atoms with Crippen LogP contribution in [0.3, 0.4) is 0 Å². The van der Waals surface area contributed by atoms with Gasteiger partial charge in [-0.2, -0.15) is 0 Å². The first-order chi connectivity index (χ1) is 12.7. The smallest absolute Gasteiger partial charge is 0.140 e. The highest BCUT2D eigenvalue weighted by Gasteiger charge is 2.31. The third-order valence-corrected chi connectivity index (χ3v) is 4.84. The molecule has 26 heavy (non-hydrogen) atoms.